The summed E-state index contributed by atoms with van der Waals surface area (Å²) in [6, 6.07) is 9.67. The zero-order chi connectivity index (χ0) is 12.3. The molecule has 0 saturated carbocycles. The van der Waals surface area contributed by atoms with Crippen molar-refractivity contribution < 1.29 is 9.90 Å². The maximum atomic E-state index is 12.0. The molecule has 92 valence electrons. The summed E-state index contributed by atoms with van der Waals surface area (Å²) in [7, 11) is 0. The average Bonchev–Trinajstić information content (AvgIpc) is 2.34. The van der Waals surface area contributed by atoms with Crippen LogP contribution in [-0.4, -0.2) is 41.1 Å². The van der Waals surface area contributed by atoms with Crippen LogP contribution in [0.1, 0.15) is 12.5 Å². The summed E-state index contributed by atoms with van der Waals surface area (Å²) >= 11 is 0. The zero-order valence-corrected chi connectivity index (χ0v) is 9.97. The van der Waals surface area contributed by atoms with E-state index in [0.29, 0.717) is 13.1 Å². The quantitative estimate of drug-likeness (QED) is 0.794. The van der Waals surface area contributed by atoms with Crippen LogP contribution >= 0.6 is 0 Å². The van der Waals surface area contributed by atoms with Crippen molar-refractivity contribution in [1.82, 2.24) is 10.2 Å². The van der Waals surface area contributed by atoms with Crippen molar-refractivity contribution in [3.63, 3.8) is 0 Å². The largest absolute Gasteiger partial charge is 0.394 e. The number of aliphatic hydroxyl groups is 1. The maximum Gasteiger partial charge on any atom is 0.242 e. The highest BCUT2D eigenvalue weighted by molar-refractivity contribution is 5.83. The molecule has 2 atom stereocenters. The molecule has 2 unspecified atom stereocenters. The van der Waals surface area contributed by atoms with Gasteiger partial charge in [-0.1, -0.05) is 30.3 Å². The minimum atomic E-state index is -0.456. The molecule has 1 saturated heterocycles. The number of benzene rings is 1. The topological polar surface area (TPSA) is 52.6 Å². The molecule has 4 heteroatoms. The number of hydrogen-bond acceptors (Lipinski definition) is 3. The van der Waals surface area contributed by atoms with E-state index in [0.717, 1.165) is 5.56 Å². The van der Waals surface area contributed by atoms with Gasteiger partial charge in [-0.2, -0.15) is 0 Å². The molecule has 1 aliphatic rings. The lowest BCUT2D eigenvalue weighted by Gasteiger charge is -2.36. The Kier molecular flexibility index (Phi) is 3.76. The number of nitrogens with zero attached hydrogens (tertiary/aromatic N) is 1. The number of carbonyl (C=O) groups is 1. The van der Waals surface area contributed by atoms with Gasteiger partial charge in [-0.3, -0.25) is 10.1 Å². The van der Waals surface area contributed by atoms with Crippen LogP contribution in [0, 0.1) is 0 Å². The summed E-state index contributed by atoms with van der Waals surface area (Å²) < 4.78 is 0. The van der Waals surface area contributed by atoms with Crippen LogP contribution in [-0.2, 0) is 11.3 Å². The van der Waals surface area contributed by atoms with E-state index in [1.54, 1.807) is 4.90 Å². The summed E-state index contributed by atoms with van der Waals surface area (Å²) in [6.45, 7) is 3.17. The number of carbonyl (C=O) groups excluding carboxylic acids is 1. The molecule has 0 spiro atoms. The van der Waals surface area contributed by atoms with Gasteiger partial charge in [0.2, 0.25) is 5.91 Å². The third kappa shape index (κ3) is 2.84. The van der Waals surface area contributed by atoms with Gasteiger partial charge >= 0.3 is 0 Å². The van der Waals surface area contributed by atoms with Crippen LogP contribution in [0.4, 0.5) is 0 Å². The van der Waals surface area contributed by atoms with E-state index in [1.807, 2.05) is 37.3 Å². The Morgan fingerprint density at radius 1 is 1.41 bits per heavy atom. The summed E-state index contributed by atoms with van der Waals surface area (Å²) in [6.07, 6.45) is 0. The second-order valence-corrected chi connectivity index (χ2v) is 4.51. The van der Waals surface area contributed by atoms with E-state index in [4.69, 9.17) is 5.11 Å². The first-order chi connectivity index (χ1) is 8.20. The molecule has 1 amide bonds. The van der Waals surface area contributed by atoms with Gasteiger partial charge in [0.05, 0.1) is 6.61 Å². The lowest BCUT2D eigenvalue weighted by molar-refractivity contribution is -0.138. The molecule has 1 aromatic carbocycles. The third-order valence-corrected chi connectivity index (χ3v) is 2.99. The highest BCUT2D eigenvalue weighted by Crippen LogP contribution is 2.11. The molecule has 0 aromatic heterocycles. The Bertz CT molecular complexity index is 380. The summed E-state index contributed by atoms with van der Waals surface area (Å²) in [4.78, 5) is 13.8. The Morgan fingerprint density at radius 2 is 2.12 bits per heavy atom. The van der Waals surface area contributed by atoms with Gasteiger partial charge in [-0.15, -0.1) is 0 Å². The standard InChI is InChI=1S/C13H18N2O2/c1-10-7-15(13(17)12(9-16)14-10)8-11-5-3-2-4-6-11/h2-6,10,12,14,16H,7-9H2,1H3. The van der Waals surface area contributed by atoms with Gasteiger partial charge in [0.1, 0.15) is 6.04 Å². The fourth-order valence-corrected chi connectivity index (χ4v) is 2.19. The predicted molar refractivity (Wildman–Crippen MR) is 65.3 cm³/mol. The Balaban J connectivity index is 2.07. The van der Waals surface area contributed by atoms with Gasteiger partial charge in [0.15, 0.2) is 0 Å². The van der Waals surface area contributed by atoms with Gasteiger partial charge in [-0.05, 0) is 12.5 Å². The molecular weight excluding hydrogens is 216 g/mol. The smallest absolute Gasteiger partial charge is 0.242 e. The molecule has 1 aromatic rings. The van der Waals surface area contributed by atoms with Gasteiger partial charge in [0, 0.05) is 19.1 Å². The van der Waals surface area contributed by atoms with Crippen molar-refractivity contribution in [3.05, 3.63) is 35.9 Å². The fourth-order valence-electron chi connectivity index (χ4n) is 2.19. The molecule has 1 aliphatic heterocycles. The van der Waals surface area contributed by atoms with Gasteiger partial charge < -0.3 is 10.0 Å². The minimum Gasteiger partial charge on any atom is -0.394 e. The molecule has 17 heavy (non-hydrogen) atoms. The van der Waals surface area contributed by atoms with E-state index in [9.17, 15) is 4.79 Å². The average molecular weight is 234 g/mol. The Labute approximate surface area is 101 Å². The number of hydrogen-bond donors (Lipinski definition) is 2. The lowest BCUT2D eigenvalue weighted by atomic mass is 10.1. The van der Waals surface area contributed by atoms with E-state index in [-0.39, 0.29) is 18.6 Å². The minimum absolute atomic E-state index is 0.0190. The second kappa shape index (κ2) is 5.29. The highest BCUT2D eigenvalue weighted by Gasteiger charge is 2.30. The highest BCUT2D eigenvalue weighted by atomic mass is 16.3. The Hall–Kier alpha value is -1.39. The molecule has 4 nitrogen and oxygen atoms in total. The Morgan fingerprint density at radius 3 is 2.76 bits per heavy atom. The van der Waals surface area contributed by atoms with Crippen molar-refractivity contribution >= 4 is 5.91 Å². The first-order valence-electron chi connectivity index (χ1n) is 5.90. The molecule has 0 bridgehead atoms. The molecule has 2 N–H and O–H groups in total. The third-order valence-electron chi connectivity index (χ3n) is 2.99. The predicted octanol–water partition coefficient (Wildman–Crippen LogP) is 0.368. The van der Waals surface area contributed by atoms with Crippen LogP contribution in [0.25, 0.3) is 0 Å². The monoisotopic (exact) mass is 234 g/mol. The van der Waals surface area contributed by atoms with Crippen LogP contribution in [0.15, 0.2) is 30.3 Å². The number of aliphatic hydroxyl groups excluding tert-OH is 1. The molecule has 2 rings (SSSR count). The summed E-state index contributed by atoms with van der Waals surface area (Å²) in [5.41, 5.74) is 1.12. The van der Waals surface area contributed by atoms with E-state index in [2.05, 4.69) is 5.32 Å². The van der Waals surface area contributed by atoms with E-state index >= 15 is 0 Å². The maximum absolute atomic E-state index is 12.0. The first kappa shape index (κ1) is 12.1. The lowest BCUT2D eigenvalue weighted by Crippen LogP contribution is -2.60. The molecule has 1 fully saturated rings. The molecule has 0 radical (unpaired) electrons. The summed E-state index contributed by atoms with van der Waals surface area (Å²) in [5.74, 6) is -0.0190. The van der Waals surface area contributed by atoms with E-state index in [1.165, 1.54) is 0 Å². The first-order valence-corrected chi connectivity index (χ1v) is 5.90. The van der Waals surface area contributed by atoms with Crippen LogP contribution in [0.5, 0.6) is 0 Å². The van der Waals surface area contributed by atoms with E-state index < -0.39 is 6.04 Å². The van der Waals surface area contributed by atoms with Gasteiger partial charge in [0.25, 0.3) is 0 Å². The van der Waals surface area contributed by atoms with Crippen molar-refractivity contribution in [2.45, 2.75) is 25.6 Å². The SMILES string of the molecule is CC1CN(Cc2ccccc2)C(=O)C(CO)N1. The molecule has 1 heterocycles. The fraction of sp³-hybridized carbons (Fsp3) is 0.462. The number of piperazine rings is 1. The van der Waals surface area contributed by atoms with Crippen molar-refractivity contribution in [1.29, 1.82) is 0 Å². The molecular formula is C13H18N2O2. The number of nitrogens with one attached hydrogen (secondary N) is 1. The van der Waals surface area contributed by atoms with Gasteiger partial charge in [-0.25, -0.2) is 0 Å². The second-order valence-electron chi connectivity index (χ2n) is 4.51. The zero-order valence-electron chi connectivity index (χ0n) is 9.97. The van der Waals surface area contributed by atoms with Crippen LogP contribution in [0.3, 0.4) is 0 Å². The normalized spacial score (nSPS) is 25.1. The summed E-state index contributed by atoms with van der Waals surface area (Å²) in [5, 5.41) is 12.2. The van der Waals surface area contributed by atoms with Crippen LogP contribution < -0.4 is 5.32 Å². The molecule has 0 aliphatic carbocycles. The van der Waals surface area contributed by atoms with Crippen LogP contribution in [0.2, 0.25) is 0 Å². The number of rotatable bonds is 3. The van der Waals surface area contributed by atoms with Crippen molar-refractivity contribution in [2.24, 2.45) is 0 Å². The number of amides is 1. The van der Waals surface area contributed by atoms with Crippen molar-refractivity contribution in [3.8, 4) is 0 Å². The van der Waals surface area contributed by atoms with Crippen molar-refractivity contribution in [2.75, 3.05) is 13.2 Å².